The lowest BCUT2D eigenvalue weighted by molar-refractivity contribution is -0.135. The minimum absolute atomic E-state index is 0.0210. The molecule has 9 heteroatoms. The van der Waals surface area contributed by atoms with Gasteiger partial charge in [0.1, 0.15) is 17.1 Å². The van der Waals surface area contributed by atoms with E-state index in [1.807, 2.05) is 0 Å². The summed E-state index contributed by atoms with van der Waals surface area (Å²) in [7, 11) is 0. The fourth-order valence-corrected chi connectivity index (χ4v) is 3.14. The fourth-order valence-electron chi connectivity index (χ4n) is 3.14. The first kappa shape index (κ1) is 19.2. The third-order valence-electron chi connectivity index (χ3n) is 4.17. The third-order valence-corrected chi connectivity index (χ3v) is 4.17. The zero-order chi connectivity index (χ0) is 20.0. The molecule has 0 saturated carbocycles. The van der Waals surface area contributed by atoms with Gasteiger partial charge in [0.05, 0.1) is 23.2 Å². The van der Waals surface area contributed by atoms with E-state index in [-0.39, 0.29) is 31.0 Å². The van der Waals surface area contributed by atoms with Gasteiger partial charge in [-0.3, -0.25) is 0 Å². The van der Waals surface area contributed by atoms with Crippen molar-refractivity contribution in [3.63, 3.8) is 0 Å². The highest BCUT2D eigenvalue weighted by molar-refractivity contribution is 6.06. The summed E-state index contributed by atoms with van der Waals surface area (Å²) in [6.07, 6.45) is -5.19. The average molecular weight is 382 g/mol. The van der Waals surface area contributed by atoms with Crippen molar-refractivity contribution in [2.45, 2.75) is 51.4 Å². The smallest absolute Gasteiger partial charge is 0.389 e. The van der Waals surface area contributed by atoms with E-state index < -0.39 is 18.2 Å². The molecule has 0 bridgehead atoms. The highest BCUT2D eigenvalue weighted by Gasteiger charge is 2.27. The average Bonchev–Trinajstić information content (AvgIpc) is 2.83. The van der Waals surface area contributed by atoms with E-state index in [9.17, 15) is 23.4 Å². The predicted octanol–water partition coefficient (Wildman–Crippen LogP) is 3.53. The van der Waals surface area contributed by atoms with Gasteiger partial charge in [0.2, 0.25) is 0 Å². The monoisotopic (exact) mass is 382 g/mol. The number of nitrogens with zero attached hydrogens (tertiary/aromatic N) is 3. The number of aromatic nitrogens is 3. The Bertz CT molecular complexity index is 990. The molecule has 0 amide bonds. The zero-order valence-corrected chi connectivity index (χ0v) is 15.0. The third kappa shape index (κ3) is 4.24. The number of benzene rings is 1. The largest absolute Gasteiger partial charge is 0.508 e. The second kappa shape index (κ2) is 6.56. The van der Waals surface area contributed by atoms with E-state index in [0.717, 1.165) is 0 Å². The molecule has 0 atom stereocenters. The van der Waals surface area contributed by atoms with E-state index in [2.05, 4.69) is 9.97 Å². The Balaban J connectivity index is 2.18. The van der Waals surface area contributed by atoms with Crippen LogP contribution < -0.4 is 5.73 Å². The molecule has 0 aliphatic rings. The van der Waals surface area contributed by atoms with E-state index in [4.69, 9.17) is 5.73 Å². The molecule has 0 aliphatic heterocycles. The SMILES string of the molecule is CC(C)(O)Cn1c(CCCC(F)(F)F)nc2c(N)nc3cc(O)ccc3c21. The van der Waals surface area contributed by atoms with Crippen LogP contribution >= 0.6 is 0 Å². The summed E-state index contributed by atoms with van der Waals surface area (Å²) in [5.41, 5.74) is 6.29. The first-order valence-electron chi connectivity index (χ1n) is 8.51. The van der Waals surface area contributed by atoms with Crippen molar-refractivity contribution in [2.24, 2.45) is 0 Å². The Morgan fingerprint density at radius 2 is 1.89 bits per heavy atom. The molecule has 0 unspecified atom stereocenters. The Morgan fingerprint density at radius 1 is 1.19 bits per heavy atom. The van der Waals surface area contributed by atoms with Crippen LogP contribution in [0.3, 0.4) is 0 Å². The van der Waals surface area contributed by atoms with Crippen LogP contribution in [-0.2, 0) is 13.0 Å². The number of rotatable bonds is 5. The molecule has 0 saturated heterocycles. The molecular weight excluding hydrogens is 361 g/mol. The van der Waals surface area contributed by atoms with Crippen LogP contribution in [0.4, 0.5) is 19.0 Å². The van der Waals surface area contributed by atoms with Crippen LogP contribution in [0, 0.1) is 0 Å². The van der Waals surface area contributed by atoms with Gasteiger partial charge in [-0.15, -0.1) is 0 Å². The highest BCUT2D eigenvalue weighted by atomic mass is 19.4. The number of nitrogens with two attached hydrogens (primary N) is 1. The molecule has 0 aliphatic carbocycles. The van der Waals surface area contributed by atoms with E-state index in [0.29, 0.717) is 27.8 Å². The van der Waals surface area contributed by atoms with Crippen molar-refractivity contribution < 1.29 is 23.4 Å². The van der Waals surface area contributed by atoms with Crippen molar-refractivity contribution in [3.8, 4) is 5.75 Å². The summed E-state index contributed by atoms with van der Waals surface area (Å²) < 4.78 is 39.3. The van der Waals surface area contributed by atoms with Crippen LogP contribution in [0.5, 0.6) is 5.75 Å². The Labute approximate surface area is 153 Å². The van der Waals surface area contributed by atoms with Gasteiger partial charge in [-0.1, -0.05) is 0 Å². The predicted molar refractivity (Wildman–Crippen MR) is 96.4 cm³/mol. The van der Waals surface area contributed by atoms with Crippen LogP contribution in [0.1, 0.15) is 32.5 Å². The Kier molecular flexibility index (Phi) is 4.67. The minimum Gasteiger partial charge on any atom is -0.508 e. The van der Waals surface area contributed by atoms with Crippen LogP contribution in [0.25, 0.3) is 21.9 Å². The number of halogens is 3. The first-order chi connectivity index (χ1) is 12.4. The van der Waals surface area contributed by atoms with Crippen molar-refractivity contribution in [2.75, 3.05) is 5.73 Å². The first-order valence-corrected chi connectivity index (χ1v) is 8.51. The van der Waals surface area contributed by atoms with Crippen molar-refractivity contribution >= 4 is 27.8 Å². The van der Waals surface area contributed by atoms with E-state index >= 15 is 0 Å². The molecule has 0 fully saturated rings. The van der Waals surface area contributed by atoms with Gasteiger partial charge in [0.25, 0.3) is 0 Å². The number of hydrogen-bond donors (Lipinski definition) is 3. The number of hydrogen-bond acceptors (Lipinski definition) is 5. The van der Waals surface area contributed by atoms with Crippen LogP contribution in [0.15, 0.2) is 18.2 Å². The van der Waals surface area contributed by atoms with Gasteiger partial charge in [-0.05, 0) is 32.4 Å². The number of aryl methyl sites for hydroxylation is 1. The molecular formula is C18H21F3N4O2. The number of aromatic hydroxyl groups is 1. The summed E-state index contributed by atoms with van der Waals surface area (Å²) >= 11 is 0. The van der Waals surface area contributed by atoms with Crippen LogP contribution in [-0.4, -0.2) is 36.5 Å². The summed E-state index contributed by atoms with van der Waals surface area (Å²) in [5, 5.41) is 20.6. The maximum atomic E-state index is 12.5. The number of alkyl halides is 3. The molecule has 0 spiro atoms. The lowest BCUT2D eigenvalue weighted by Crippen LogP contribution is -2.27. The van der Waals surface area contributed by atoms with Gasteiger partial charge >= 0.3 is 6.18 Å². The lowest BCUT2D eigenvalue weighted by Gasteiger charge is -2.21. The molecule has 3 aromatic rings. The second-order valence-corrected chi connectivity index (χ2v) is 7.29. The normalized spacial score (nSPS) is 13.0. The van der Waals surface area contributed by atoms with Gasteiger partial charge in [-0.25, -0.2) is 9.97 Å². The number of imidazole rings is 1. The maximum absolute atomic E-state index is 12.5. The van der Waals surface area contributed by atoms with Crippen molar-refractivity contribution in [3.05, 3.63) is 24.0 Å². The van der Waals surface area contributed by atoms with Crippen molar-refractivity contribution in [1.29, 1.82) is 0 Å². The number of fused-ring (bicyclic) bond motifs is 3. The quantitative estimate of drug-likeness (QED) is 0.627. The molecule has 2 aromatic heterocycles. The molecule has 4 N–H and O–H groups in total. The number of aliphatic hydroxyl groups is 1. The molecule has 3 rings (SSSR count). The number of phenolic OH excluding ortho intramolecular Hbond substituents is 1. The number of pyridine rings is 1. The zero-order valence-electron chi connectivity index (χ0n) is 15.0. The molecule has 27 heavy (non-hydrogen) atoms. The molecule has 6 nitrogen and oxygen atoms in total. The van der Waals surface area contributed by atoms with Gasteiger partial charge < -0.3 is 20.5 Å². The number of phenols is 1. The van der Waals surface area contributed by atoms with Gasteiger partial charge in [0, 0.05) is 24.3 Å². The Hall–Kier alpha value is -2.55. The van der Waals surface area contributed by atoms with Crippen molar-refractivity contribution in [1.82, 2.24) is 14.5 Å². The summed E-state index contributed by atoms with van der Waals surface area (Å²) in [5.74, 6) is 0.549. The highest BCUT2D eigenvalue weighted by Crippen LogP contribution is 2.32. The van der Waals surface area contributed by atoms with Crippen LogP contribution in [0.2, 0.25) is 0 Å². The fraction of sp³-hybridized carbons (Fsp3) is 0.444. The summed E-state index contributed by atoms with van der Waals surface area (Å²) in [6.45, 7) is 3.35. The Morgan fingerprint density at radius 3 is 2.52 bits per heavy atom. The number of nitrogen functional groups attached to an aromatic ring is 1. The van der Waals surface area contributed by atoms with Gasteiger partial charge in [0.15, 0.2) is 5.82 Å². The lowest BCUT2D eigenvalue weighted by atomic mass is 10.1. The topological polar surface area (TPSA) is 97.2 Å². The molecule has 0 radical (unpaired) electrons. The van der Waals surface area contributed by atoms with E-state index in [1.165, 1.54) is 12.1 Å². The van der Waals surface area contributed by atoms with E-state index in [1.54, 1.807) is 24.5 Å². The second-order valence-electron chi connectivity index (χ2n) is 7.29. The number of anilines is 1. The maximum Gasteiger partial charge on any atom is 0.389 e. The minimum atomic E-state index is -4.24. The van der Waals surface area contributed by atoms with Gasteiger partial charge in [-0.2, -0.15) is 13.2 Å². The molecule has 1 aromatic carbocycles. The summed E-state index contributed by atoms with van der Waals surface area (Å²) in [6, 6.07) is 4.60. The standard InChI is InChI=1S/C18H21F3N4O2/c1-17(2,27)9-25-13(4-3-7-18(19,20)21)24-14-15(25)11-6-5-10(26)8-12(11)23-16(14)22/h5-6,8,26-27H,3-4,7,9H2,1-2H3,(H2,22,23). The molecule has 146 valence electrons. The molecule has 2 heterocycles. The summed E-state index contributed by atoms with van der Waals surface area (Å²) in [4.78, 5) is 8.66.